The van der Waals surface area contributed by atoms with Crippen LogP contribution in [-0.4, -0.2) is 18.0 Å². The molecule has 0 bridgehead atoms. The maximum absolute atomic E-state index is 14.3. The van der Waals surface area contributed by atoms with Crippen molar-refractivity contribution in [2.24, 2.45) is 0 Å². The van der Waals surface area contributed by atoms with Crippen molar-refractivity contribution in [2.75, 3.05) is 7.11 Å². The molecule has 0 amide bonds. The van der Waals surface area contributed by atoms with E-state index >= 15 is 0 Å². The Balaban J connectivity index is 2.83. The lowest BCUT2D eigenvalue weighted by atomic mass is 9.78. The molecule has 0 fully saturated rings. The summed E-state index contributed by atoms with van der Waals surface area (Å²) in [5.41, 5.74) is 6.39. The standard InChI is InChI=1S/C40H62O3/c1-10-19-28(14-5)32-25-33(38(37(27-32)43-9)30(16-7)21-12-3)26-36(41)40(42)35-24-18-23-34(29(15-6)20-11-2)39(35)31(17-8)22-13-4/h18,23-31,41H,10-17,19-22H2,1-9H3/b36-26-. The molecule has 2 rings (SSSR count). The van der Waals surface area contributed by atoms with E-state index in [-0.39, 0.29) is 11.5 Å². The van der Waals surface area contributed by atoms with Gasteiger partial charge in [0.25, 0.3) is 0 Å². The molecule has 2 aromatic rings. The van der Waals surface area contributed by atoms with E-state index in [0.29, 0.717) is 29.2 Å². The van der Waals surface area contributed by atoms with Gasteiger partial charge >= 0.3 is 0 Å². The number of allylic oxidation sites excluding steroid dienone is 1. The van der Waals surface area contributed by atoms with Gasteiger partial charge in [-0.1, -0.05) is 105 Å². The van der Waals surface area contributed by atoms with Crippen molar-refractivity contribution in [1.29, 1.82) is 0 Å². The molecule has 3 nitrogen and oxygen atoms in total. The van der Waals surface area contributed by atoms with Crippen molar-refractivity contribution < 1.29 is 14.6 Å². The molecule has 4 unspecified atom stereocenters. The summed E-state index contributed by atoms with van der Waals surface area (Å²) in [5.74, 6) is 1.85. The lowest BCUT2D eigenvalue weighted by Gasteiger charge is -2.26. The number of Topliss-reactive ketones (excluding diaryl/α,β-unsaturated/α-hetero) is 1. The first-order valence-electron chi connectivity index (χ1n) is 17.6. The third kappa shape index (κ3) is 9.22. The molecular formula is C40H62O3. The van der Waals surface area contributed by atoms with Crippen LogP contribution in [-0.2, 0) is 0 Å². The van der Waals surface area contributed by atoms with Crippen LogP contribution in [0.3, 0.4) is 0 Å². The molecule has 240 valence electrons. The van der Waals surface area contributed by atoms with Gasteiger partial charge in [-0.3, -0.25) is 4.79 Å². The average molecular weight is 591 g/mol. The Morgan fingerprint density at radius 1 is 0.721 bits per heavy atom. The Morgan fingerprint density at radius 3 is 1.74 bits per heavy atom. The smallest absolute Gasteiger partial charge is 0.227 e. The molecule has 1 N–H and O–H groups in total. The topological polar surface area (TPSA) is 46.5 Å². The third-order valence-corrected chi connectivity index (χ3v) is 9.57. The van der Waals surface area contributed by atoms with E-state index in [2.05, 4.69) is 73.6 Å². The van der Waals surface area contributed by atoms with Crippen LogP contribution in [0.15, 0.2) is 36.1 Å². The number of carbonyl (C=O) groups excluding carboxylic acids is 1. The van der Waals surface area contributed by atoms with Gasteiger partial charge in [-0.05, 0) is 109 Å². The maximum atomic E-state index is 14.3. The van der Waals surface area contributed by atoms with Gasteiger partial charge in [0.15, 0.2) is 5.76 Å². The summed E-state index contributed by atoms with van der Waals surface area (Å²) in [6, 6.07) is 10.6. The largest absolute Gasteiger partial charge is 0.504 e. The van der Waals surface area contributed by atoms with Gasteiger partial charge in [0.05, 0.1) is 7.11 Å². The lowest BCUT2D eigenvalue weighted by Crippen LogP contribution is -2.15. The molecular weight excluding hydrogens is 528 g/mol. The second-order valence-corrected chi connectivity index (χ2v) is 12.5. The van der Waals surface area contributed by atoms with E-state index < -0.39 is 0 Å². The Kier molecular flexibility index (Phi) is 16.2. The molecule has 0 aliphatic heterocycles. The second-order valence-electron chi connectivity index (χ2n) is 12.5. The molecule has 0 aliphatic rings. The molecule has 0 aliphatic carbocycles. The van der Waals surface area contributed by atoms with E-state index in [9.17, 15) is 9.90 Å². The van der Waals surface area contributed by atoms with Crippen LogP contribution in [0.1, 0.15) is 194 Å². The minimum Gasteiger partial charge on any atom is -0.504 e. The Hall–Kier alpha value is -2.55. The van der Waals surface area contributed by atoms with Gasteiger partial charge in [0.1, 0.15) is 5.75 Å². The monoisotopic (exact) mass is 590 g/mol. The van der Waals surface area contributed by atoms with Crippen LogP contribution in [0.4, 0.5) is 0 Å². The van der Waals surface area contributed by atoms with Crippen molar-refractivity contribution >= 4 is 11.9 Å². The quantitative estimate of drug-likeness (QED) is 0.0947. The number of rotatable bonds is 20. The van der Waals surface area contributed by atoms with Crippen molar-refractivity contribution in [3.8, 4) is 5.75 Å². The van der Waals surface area contributed by atoms with Crippen molar-refractivity contribution in [3.63, 3.8) is 0 Å². The molecule has 0 heterocycles. The zero-order valence-electron chi connectivity index (χ0n) is 29.0. The summed E-state index contributed by atoms with van der Waals surface area (Å²) < 4.78 is 6.03. The van der Waals surface area contributed by atoms with Crippen LogP contribution >= 0.6 is 0 Å². The van der Waals surface area contributed by atoms with Gasteiger partial charge in [-0.25, -0.2) is 0 Å². The van der Waals surface area contributed by atoms with Crippen molar-refractivity contribution in [3.05, 3.63) is 69.5 Å². The molecule has 0 spiro atoms. The molecule has 3 heteroatoms. The SMILES string of the molecule is CCCC(CC)c1cc(/C=C(\O)C(=O)c2cccc(C(CC)CCC)c2C(CC)CCC)c(C(CC)CCC)c(OC)c1. The van der Waals surface area contributed by atoms with Crippen LogP contribution in [0, 0.1) is 0 Å². The molecule has 2 aromatic carbocycles. The zero-order chi connectivity index (χ0) is 31.9. The second kappa shape index (κ2) is 19.0. The molecule has 43 heavy (non-hydrogen) atoms. The van der Waals surface area contributed by atoms with Crippen LogP contribution in [0.25, 0.3) is 6.08 Å². The number of aliphatic hydroxyl groups excluding tert-OH is 1. The Bertz CT molecular complexity index is 1160. The summed E-state index contributed by atoms with van der Waals surface area (Å²) >= 11 is 0. The number of methoxy groups -OCH3 is 1. The van der Waals surface area contributed by atoms with Crippen molar-refractivity contribution in [1.82, 2.24) is 0 Å². The summed E-state index contributed by atoms with van der Waals surface area (Å²) in [7, 11) is 1.75. The number of hydrogen-bond donors (Lipinski definition) is 1. The highest BCUT2D eigenvalue weighted by Gasteiger charge is 2.27. The molecule has 0 radical (unpaired) electrons. The normalized spacial score (nSPS) is 14.8. The van der Waals surface area contributed by atoms with E-state index in [1.165, 1.54) is 11.1 Å². The van der Waals surface area contributed by atoms with E-state index in [1.54, 1.807) is 13.2 Å². The van der Waals surface area contributed by atoms with Crippen LogP contribution in [0.2, 0.25) is 0 Å². The Morgan fingerprint density at radius 2 is 1.23 bits per heavy atom. The van der Waals surface area contributed by atoms with Crippen LogP contribution in [0.5, 0.6) is 5.75 Å². The first kappa shape index (κ1) is 36.6. The number of hydrogen-bond acceptors (Lipinski definition) is 3. The predicted molar refractivity (Wildman–Crippen MR) is 186 cm³/mol. The first-order chi connectivity index (χ1) is 20.8. The number of ether oxygens (including phenoxy) is 1. The summed E-state index contributed by atoms with van der Waals surface area (Å²) in [6.45, 7) is 17.8. The molecule has 4 atom stereocenters. The highest BCUT2D eigenvalue weighted by atomic mass is 16.5. The van der Waals surface area contributed by atoms with E-state index in [0.717, 1.165) is 99.5 Å². The number of benzene rings is 2. The minimum atomic E-state index is -0.266. The highest BCUT2D eigenvalue weighted by Crippen LogP contribution is 2.41. The van der Waals surface area contributed by atoms with Crippen LogP contribution < -0.4 is 4.74 Å². The molecule has 0 aromatic heterocycles. The zero-order valence-corrected chi connectivity index (χ0v) is 29.0. The third-order valence-electron chi connectivity index (χ3n) is 9.57. The van der Waals surface area contributed by atoms with Gasteiger partial charge < -0.3 is 9.84 Å². The average Bonchev–Trinajstić information content (AvgIpc) is 3.02. The van der Waals surface area contributed by atoms with E-state index in [4.69, 9.17) is 4.74 Å². The summed E-state index contributed by atoms with van der Waals surface area (Å²) in [6.07, 6.45) is 14.4. The minimum absolute atomic E-state index is 0.177. The summed E-state index contributed by atoms with van der Waals surface area (Å²) in [4.78, 5) is 14.3. The maximum Gasteiger partial charge on any atom is 0.227 e. The fraction of sp³-hybridized carbons (Fsp3) is 0.625. The molecule has 0 saturated carbocycles. The van der Waals surface area contributed by atoms with Crippen molar-refractivity contribution in [2.45, 2.75) is 156 Å². The van der Waals surface area contributed by atoms with Gasteiger partial charge in [-0.15, -0.1) is 0 Å². The summed E-state index contributed by atoms with van der Waals surface area (Å²) in [5, 5.41) is 11.7. The Labute approximate surface area is 264 Å². The highest BCUT2D eigenvalue weighted by molar-refractivity contribution is 6.10. The number of ketones is 1. The van der Waals surface area contributed by atoms with Gasteiger partial charge in [-0.2, -0.15) is 0 Å². The van der Waals surface area contributed by atoms with Gasteiger partial charge in [0, 0.05) is 11.1 Å². The number of aliphatic hydroxyl groups is 1. The number of carbonyl (C=O) groups is 1. The predicted octanol–water partition coefficient (Wildman–Crippen LogP) is 12.7. The fourth-order valence-corrected chi connectivity index (χ4v) is 7.26. The van der Waals surface area contributed by atoms with E-state index in [1.807, 2.05) is 12.1 Å². The first-order valence-corrected chi connectivity index (χ1v) is 17.6. The molecule has 0 saturated heterocycles. The lowest BCUT2D eigenvalue weighted by molar-refractivity contribution is 0.0978. The van der Waals surface area contributed by atoms with Gasteiger partial charge in [0.2, 0.25) is 5.78 Å². The fourth-order valence-electron chi connectivity index (χ4n) is 7.26.